The van der Waals surface area contributed by atoms with Crippen LogP contribution in [0.2, 0.25) is 0 Å². The van der Waals surface area contributed by atoms with Crippen LogP contribution in [0, 0.1) is 12.3 Å². The fourth-order valence-corrected chi connectivity index (χ4v) is 1.77. The summed E-state index contributed by atoms with van der Waals surface area (Å²) in [5.74, 6) is 2.71. The monoisotopic (exact) mass is 218 g/mol. The van der Waals surface area contributed by atoms with Gasteiger partial charge in [-0.1, -0.05) is 60.5 Å². The summed E-state index contributed by atoms with van der Waals surface area (Å²) in [5, 5.41) is 0. The second kappa shape index (κ2) is 5.18. The van der Waals surface area contributed by atoms with Gasteiger partial charge in [-0.3, -0.25) is 0 Å². The molecule has 0 heteroatoms. The first-order chi connectivity index (χ1) is 8.31. The highest BCUT2D eigenvalue weighted by atomic mass is 14.0. The van der Waals surface area contributed by atoms with E-state index in [0.717, 1.165) is 11.1 Å². The van der Waals surface area contributed by atoms with Crippen molar-refractivity contribution in [3.63, 3.8) is 0 Å². The van der Waals surface area contributed by atoms with Gasteiger partial charge in [0, 0.05) is 5.56 Å². The molecule has 0 spiro atoms. The van der Waals surface area contributed by atoms with Crippen molar-refractivity contribution in [3.8, 4) is 12.3 Å². The molecule has 0 unspecified atom stereocenters. The topological polar surface area (TPSA) is 0 Å². The zero-order valence-electron chi connectivity index (χ0n) is 9.85. The van der Waals surface area contributed by atoms with Crippen molar-refractivity contribution in [1.82, 2.24) is 0 Å². The fourth-order valence-electron chi connectivity index (χ4n) is 1.77. The van der Waals surface area contributed by atoms with E-state index in [1.807, 2.05) is 42.5 Å². The first kappa shape index (κ1) is 11.2. The minimum absolute atomic E-state index is 0.933. The Balaban J connectivity index is 2.41. The Kier molecular flexibility index (Phi) is 3.43. The molecule has 17 heavy (non-hydrogen) atoms. The maximum atomic E-state index is 5.49. The van der Waals surface area contributed by atoms with Gasteiger partial charge in [-0.05, 0) is 29.7 Å². The first-order valence-corrected chi connectivity index (χ1v) is 5.60. The summed E-state index contributed by atoms with van der Waals surface area (Å²) in [4.78, 5) is 0. The molecular formula is C17H14. The molecule has 0 aromatic heterocycles. The van der Waals surface area contributed by atoms with Crippen LogP contribution in [0.5, 0.6) is 0 Å². The Morgan fingerprint density at radius 1 is 1.00 bits per heavy atom. The van der Waals surface area contributed by atoms with Crippen LogP contribution in [-0.2, 0) is 0 Å². The third-order valence-corrected chi connectivity index (χ3v) is 2.72. The van der Waals surface area contributed by atoms with Gasteiger partial charge >= 0.3 is 0 Å². The van der Waals surface area contributed by atoms with Crippen LogP contribution >= 0.6 is 0 Å². The molecule has 0 aliphatic rings. The van der Waals surface area contributed by atoms with Gasteiger partial charge in [-0.25, -0.2) is 0 Å². The Bertz CT molecular complexity index is 568. The van der Waals surface area contributed by atoms with Crippen molar-refractivity contribution in [2.45, 2.75) is 6.92 Å². The highest BCUT2D eigenvalue weighted by Gasteiger charge is 1.98. The van der Waals surface area contributed by atoms with Crippen LogP contribution in [0.4, 0.5) is 0 Å². The number of benzene rings is 2. The van der Waals surface area contributed by atoms with Crippen molar-refractivity contribution in [2.75, 3.05) is 0 Å². The Morgan fingerprint density at radius 3 is 2.35 bits per heavy atom. The molecule has 0 bridgehead atoms. The fraction of sp³-hybridized carbons (Fsp3) is 0.0588. The molecule has 0 saturated carbocycles. The summed E-state index contributed by atoms with van der Waals surface area (Å²) in [6.07, 6.45) is 7.62. The van der Waals surface area contributed by atoms with E-state index in [4.69, 9.17) is 6.42 Å². The van der Waals surface area contributed by atoms with Crippen LogP contribution in [0.25, 0.3) is 11.6 Å². The molecule has 2 rings (SSSR count). The highest BCUT2D eigenvalue weighted by Crippen LogP contribution is 2.19. The normalized spacial score (nSPS) is 10.9. The lowest BCUT2D eigenvalue weighted by Crippen LogP contribution is -1.83. The zero-order chi connectivity index (χ0) is 12.1. The van der Waals surface area contributed by atoms with Crippen LogP contribution < -0.4 is 0 Å². The van der Waals surface area contributed by atoms with E-state index in [9.17, 15) is 0 Å². The SMILES string of the molecule is C#Cc1ccccc1C=C(C)c1ccccc1. The summed E-state index contributed by atoms with van der Waals surface area (Å²) in [6, 6.07) is 18.3. The maximum Gasteiger partial charge on any atom is 0.0315 e. The maximum absolute atomic E-state index is 5.49. The molecule has 0 nitrogen and oxygen atoms in total. The Morgan fingerprint density at radius 2 is 1.65 bits per heavy atom. The molecule has 0 atom stereocenters. The molecule has 0 aliphatic carbocycles. The van der Waals surface area contributed by atoms with Gasteiger partial charge in [0.05, 0.1) is 0 Å². The second-order valence-corrected chi connectivity index (χ2v) is 3.92. The van der Waals surface area contributed by atoms with Gasteiger partial charge in [0.25, 0.3) is 0 Å². The quantitative estimate of drug-likeness (QED) is 0.522. The second-order valence-electron chi connectivity index (χ2n) is 3.92. The van der Waals surface area contributed by atoms with E-state index < -0.39 is 0 Å². The van der Waals surface area contributed by atoms with E-state index >= 15 is 0 Å². The first-order valence-electron chi connectivity index (χ1n) is 5.60. The van der Waals surface area contributed by atoms with Crippen LogP contribution in [0.3, 0.4) is 0 Å². The van der Waals surface area contributed by atoms with Gasteiger partial charge in [0.15, 0.2) is 0 Å². The summed E-state index contributed by atoms with van der Waals surface area (Å²) < 4.78 is 0. The van der Waals surface area contributed by atoms with Gasteiger partial charge in [0.1, 0.15) is 0 Å². The lowest BCUT2D eigenvalue weighted by molar-refractivity contribution is 1.56. The molecular weight excluding hydrogens is 204 g/mol. The van der Waals surface area contributed by atoms with Gasteiger partial charge in [-0.2, -0.15) is 0 Å². The van der Waals surface area contributed by atoms with Crippen LogP contribution in [-0.4, -0.2) is 0 Å². The minimum Gasteiger partial charge on any atom is -0.115 e. The molecule has 2 aromatic rings. The predicted molar refractivity (Wildman–Crippen MR) is 74.4 cm³/mol. The smallest absolute Gasteiger partial charge is 0.0315 e. The van der Waals surface area contributed by atoms with Crippen molar-refractivity contribution in [3.05, 3.63) is 71.3 Å². The molecule has 0 heterocycles. The van der Waals surface area contributed by atoms with Crippen molar-refractivity contribution in [2.24, 2.45) is 0 Å². The van der Waals surface area contributed by atoms with Gasteiger partial charge in [-0.15, -0.1) is 6.42 Å². The number of hydrogen-bond donors (Lipinski definition) is 0. The largest absolute Gasteiger partial charge is 0.115 e. The summed E-state index contributed by atoms with van der Waals surface area (Å²) in [6.45, 7) is 2.10. The minimum atomic E-state index is 0.933. The van der Waals surface area contributed by atoms with Crippen LogP contribution in [0.1, 0.15) is 23.6 Å². The average Bonchev–Trinajstić information content (AvgIpc) is 2.40. The lowest BCUT2D eigenvalue weighted by Gasteiger charge is -2.03. The van der Waals surface area contributed by atoms with Crippen molar-refractivity contribution >= 4 is 11.6 Å². The highest BCUT2D eigenvalue weighted by molar-refractivity contribution is 5.81. The number of rotatable bonds is 2. The molecule has 0 amide bonds. The van der Waals surface area contributed by atoms with E-state index in [1.165, 1.54) is 11.1 Å². The summed E-state index contributed by atoms with van der Waals surface area (Å²) >= 11 is 0. The standard InChI is InChI=1S/C17H14/c1-3-15-9-7-8-12-17(15)13-14(2)16-10-5-4-6-11-16/h1,4-13H,2H3. The molecule has 0 aliphatic heterocycles. The van der Waals surface area contributed by atoms with Gasteiger partial charge in [0.2, 0.25) is 0 Å². The van der Waals surface area contributed by atoms with Crippen molar-refractivity contribution < 1.29 is 0 Å². The zero-order valence-corrected chi connectivity index (χ0v) is 9.85. The summed E-state index contributed by atoms with van der Waals surface area (Å²) in [7, 11) is 0. The Labute approximate surface area is 103 Å². The molecule has 0 N–H and O–H groups in total. The molecule has 82 valence electrons. The third kappa shape index (κ3) is 2.65. The van der Waals surface area contributed by atoms with E-state index in [1.54, 1.807) is 0 Å². The molecule has 2 aromatic carbocycles. The van der Waals surface area contributed by atoms with E-state index in [0.29, 0.717) is 0 Å². The average molecular weight is 218 g/mol. The number of terminal acetylenes is 1. The van der Waals surface area contributed by atoms with E-state index in [-0.39, 0.29) is 0 Å². The number of allylic oxidation sites excluding steroid dienone is 1. The molecule has 0 fully saturated rings. The van der Waals surface area contributed by atoms with E-state index in [2.05, 4.69) is 31.1 Å². The Hall–Kier alpha value is -2.26. The summed E-state index contributed by atoms with van der Waals surface area (Å²) in [5.41, 5.74) is 4.46. The van der Waals surface area contributed by atoms with Crippen LogP contribution in [0.15, 0.2) is 54.6 Å². The lowest BCUT2D eigenvalue weighted by atomic mass is 10.0. The van der Waals surface area contributed by atoms with Crippen molar-refractivity contribution in [1.29, 1.82) is 0 Å². The molecule has 0 saturated heterocycles. The third-order valence-electron chi connectivity index (χ3n) is 2.72. The predicted octanol–water partition coefficient (Wildman–Crippen LogP) is 4.23. The number of hydrogen-bond acceptors (Lipinski definition) is 0. The molecule has 0 radical (unpaired) electrons. The van der Waals surface area contributed by atoms with Gasteiger partial charge < -0.3 is 0 Å².